The largest absolute Gasteiger partial charge is 0.311 e. The van der Waals surface area contributed by atoms with E-state index >= 15 is 0 Å². The number of nitrogens with one attached hydrogen (secondary N) is 1. The van der Waals surface area contributed by atoms with Gasteiger partial charge < -0.3 is 5.32 Å². The van der Waals surface area contributed by atoms with Crippen LogP contribution in [0.2, 0.25) is 0 Å². The molecule has 0 aromatic heterocycles. The molecule has 1 aliphatic heterocycles. The van der Waals surface area contributed by atoms with Gasteiger partial charge in [-0.3, -0.25) is 4.90 Å². The Hall–Kier alpha value is -0.0800. The molecule has 90 valence electrons. The first kappa shape index (κ1) is 13.0. The first-order chi connectivity index (χ1) is 6.99. The van der Waals surface area contributed by atoms with Crippen LogP contribution in [0.15, 0.2) is 0 Å². The second-order valence-electron chi connectivity index (χ2n) is 5.94. The van der Waals surface area contributed by atoms with Crippen LogP contribution in [-0.4, -0.2) is 36.6 Å². The minimum Gasteiger partial charge on any atom is -0.311 e. The summed E-state index contributed by atoms with van der Waals surface area (Å²) in [6, 6.07) is 1.41. The van der Waals surface area contributed by atoms with E-state index < -0.39 is 0 Å². The predicted molar refractivity (Wildman–Crippen MR) is 67.1 cm³/mol. The van der Waals surface area contributed by atoms with Crippen LogP contribution in [0.3, 0.4) is 0 Å². The lowest BCUT2D eigenvalue weighted by Crippen LogP contribution is -2.56. The summed E-state index contributed by atoms with van der Waals surface area (Å²) in [5.74, 6) is 1.59. The zero-order chi connectivity index (χ0) is 11.4. The van der Waals surface area contributed by atoms with Gasteiger partial charge in [0.25, 0.3) is 0 Å². The van der Waals surface area contributed by atoms with E-state index in [-0.39, 0.29) is 0 Å². The van der Waals surface area contributed by atoms with Crippen LogP contribution < -0.4 is 5.32 Å². The third-order valence-electron chi connectivity index (χ3n) is 3.07. The maximum absolute atomic E-state index is 3.60. The van der Waals surface area contributed by atoms with Gasteiger partial charge in [0.05, 0.1) is 0 Å². The zero-order valence-corrected chi connectivity index (χ0v) is 11.1. The Bertz CT molecular complexity index is 175. The fourth-order valence-electron chi connectivity index (χ4n) is 2.50. The molecule has 2 nitrogen and oxygen atoms in total. The smallest absolute Gasteiger partial charge is 0.0223 e. The normalized spacial score (nSPS) is 29.0. The van der Waals surface area contributed by atoms with Gasteiger partial charge in [-0.1, -0.05) is 27.7 Å². The van der Waals surface area contributed by atoms with E-state index in [1.165, 1.54) is 26.1 Å². The van der Waals surface area contributed by atoms with Gasteiger partial charge in [0.15, 0.2) is 0 Å². The molecule has 15 heavy (non-hydrogen) atoms. The van der Waals surface area contributed by atoms with E-state index in [1.54, 1.807) is 0 Å². The van der Waals surface area contributed by atoms with E-state index in [0.717, 1.165) is 17.9 Å². The van der Waals surface area contributed by atoms with Crippen molar-refractivity contribution in [2.45, 2.75) is 53.1 Å². The maximum atomic E-state index is 3.60. The van der Waals surface area contributed by atoms with Crippen molar-refractivity contribution in [3.8, 4) is 0 Å². The monoisotopic (exact) mass is 212 g/mol. The van der Waals surface area contributed by atoms with E-state index in [4.69, 9.17) is 0 Å². The number of rotatable bonds is 4. The van der Waals surface area contributed by atoms with Crippen LogP contribution in [-0.2, 0) is 0 Å². The lowest BCUT2D eigenvalue weighted by molar-refractivity contribution is 0.105. The Morgan fingerprint density at radius 2 is 1.87 bits per heavy atom. The second-order valence-corrected chi connectivity index (χ2v) is 5.94. The van der Waals surface area contributed by atoms with E-state index in [1.807, 2.05) is 0 Å². The molecule has 1 fully saturated rings. The van der Waals surface area contributed by atoms with E-state index in [0.29, 0.717) is 6.04 Å². The van der Waals surface area contributed by atoms with Gasteiger partial charge in [-0.25, -0.2) is 0 Å². The highest BCUT2D eigenvalue weighted by molar-refractivity contribution is 4.85. The molecule has 2 heteroatoms. The molecular weight excluding hydrogens is 184 g/mol. The van der Waals surface area contributed by atoms with Crippen LogP contribution in [0, 0.1) is 11.8 Å². The SMILES string of the molecule is CC(C)CC1CNC(C)CN1CC(C)C. The number of nitrogens with zero attached hydrogens (tertiary/aromatic N) is 1. The number of hydrogen-bond donors (Lipinski definition) is 1. The zero-order valence-electron chi connectivity index (χ0n) is 11.1. The van der Waals surface area contributed by atoms with E-state index in [9.17, 15) is 0 Å². The highest BCUT2D eigenvalue weighted by Gasteiger charge is 2.26. The average Bonchev–Trinajstić information content (AvgIpc) is 2.08. The van der Waals surface area contributed by atoms with Gasteiger partial charge >= 0.3 is 0 Å². The Balaban J connectivity index is 2.50. The Labute approximate surface area is 95.4 Å². The lowest BCUT2D eigenvalue weighted by atomic mass is 9.98. The van der Waals surface area contributed by atoms with Crippen LogP contribution in [0.5, 0.6) is 0 Å². The molecule has 2 unspecified atom stereocenters. The molecule has 0 radical (unpaired) electrons. The fraction of sp³-hybridized carbons (Fsp3) is 1.00. The third-order valence-corrected chi connectivity index (χ3v) is 3.07. The molecule has 0 saturated carbocycles. The molecule has 0 aromatic rings. The summed E-state index contributed by atoms with van der Waals surface area (Å²) in [6.45, 7) is 15.2. The third kappa shape index (κ3) is 4.52. The summed E-state index contributed by atoms with van der Waals surface area (Å²) < 4.78 is 0. The van der Waals surface area contributed by atoms with Gasteiger partial charge in [-0.2, -0.15) is 0 Å². The predicted octanol–water partition coefficient (Wildman–Crippen LogP) is 2.35. The van der Waals surface area contributed by atoms with Crippen molar-refractivity contribution in [1.82, 2.24) is 10.2 Å². The fourth-order valence-corrected chi connectivity index (χ4v) is 2.50. The van der Waals surface area contributed by atoms with Crippen molar-refractivity contribution < 1.29 is 0 Å². The molecule has 1 aliphatic rings. The molecule has 0 amide bonds. The summed E-state index contributed by atoms with van der Waals surface area (Å²) in [7, 11) is 0. The van der Waals surface area contributed by atoms with Crippen LogP contribution in [0.25, 0.3) is 0 Å². The van der Waals surface area contributed by atoms with Crippen LogP contribution in [0.4, 0.5) is 0 Å². The minimum absolute atomic E-state index is 0.659. The van der Waals surface area contributed by atoms with Gasteiger partial charge in [-0.15, -0.1) is 0 Å². The summed E-state index contributed by atoms with van der Waals surface area (Å²) in [5.41, 5.74) is 0. The van der Waals surface area contributed by atoms with E-state index in [2.05, 4.69) is 44.8 Å². The summed E-state index contributed by atoms with van der Waals surface area (Å²) in [4.78, 5) is 2.69. The topological polar surface area (TPSA) is 15.3 Å². The number of piperazine rings is 1. The second kappa shape index (κ2) is 5.86. The number of hydrogen-bond acceptors (Lipinski definition) is 2. The van der Waals surface area contributed by atoms with Crippen molar-refractivity contribution in [1.29, 1.82) is 0 Å². The molecule has 0 aliphatic carbocycles. The van der Waals surface area contributed by atoms with Crippen LogP contribution >= 0.6 is 0 Å². The van der Waals surface area contributed by atoms with Gasteiger partial charge in [0.1, 0.15) is 0 Å². The quantitative estimate of drug-likeness (QED) is 0.769. The molecular formula is C13H28N2. The van der Waals surface area contributed by atoms with Crippen molar-refractivity contribution in [2.75, 3.05) is 19.6 Å². The van der Waals surface area contributed by atoms with Crippen molar-refractivity contribution >= 4 is 0 Å². The highest BCUT2D eigenvalue weighted by Crippen LogP contribution is 2.16. The average molecular weight is 212 g/mol. The molecule has 1 saturated heterocycles. The first-order valence-corrected chi connectivity index (χ1v) is 6.46. The summed E-state index contributed by atoms with van der Waals surface area (Å²) >= 11 is 0. The van der Waals surface area contributed by atoms with Gasteiger partial charge in [0, 0.05) is 31.7 Å². The minimum atomic E-state index is 0.659. The molecule has 0 spiro atoms. The summed E-state index contributed by atoms with van der Waals surface area (Å²) in [5, 5.41) is 3.60. The molecule has 0 bridgehead atoms. The van der Waals surface area contributed by atoms with Crippen molar-refractivity contribution in [3.63, 3.8) is 0 Å². The Morgan fingerprint density at radius 1 is 1.20 bits per heavy atom. The van der Waals surface area contributed by atoms with Crippen molar-refractivity contribution in [3.05, 3.63) is 0 Å². The Kier molecular flexibility index (Phi) is 5.07. The highest BCUT2D eigenvalue weighted by atomic mass is 15.2. The molecule has 0 aromatic carbocycles. The lowest BCUT2D eigenvalue weighted by Gasteiger charge is -2.41. The molecule has 1 rings (SSSR count). The van der Waals surface area contributed by atoms with Crippen LogP contribution in [0.1, 0.15) is 41.0 Å². The molecule has 2 atom stereocenters. The molecule has 1 heterocycles. The molecule has 1 N–H and O–H groups in total. The summed E-state index contributed by atoms with van der Waals surface area (Å²) in [6.07, 6.45) is 1.33. The van der Waals surface area contributed by atoms with Gasteiger partial charge in [0.2, 0.25) is 0 Å². The first-order valence-electron chi connectivity index (χ1n) is 6.46. The Morgan fingerprint density at radius 3 is 2.40 bits per heavy atom. The van der Waals surface area contributed by atoms with Gasteiger partial charge in [-0.05, 0) is 25.2 Å². The maximum Gasteiger partial charge on any atom is 0.0223 e. The standard InChI is InChI=1S/C13H28N2/c1-10(2)6-13-7-14-12(5)9-15(13)8-11(3)4/h10-14H,6-9H2,1-5H3. The van der Waals surface area contributed by atoms with Crippen molar-refractivity contribution in [2.24, 2.45) is 11.8 Å².